The highest BCUT2D eigenvalue weighted by atomic mass is 35.5. The van der Waals surface area contributed by atoms with Crippen molar-refractivity contribution < 1.29 is 9.47 Å². The first-order valence-corrected chi connectivity index (χ1v) is 7.48. The van der Waals surface area contributed by atoms with Crippen molar-refractivity contribution in [3.63, 3.8) is 0 Å². The Labute approximate surface area is 125 Å². The maximum Gasteiger partial charge on any atom is 0.126 e. The van der Waals surface area contributed by atoms with Crippen LogP contribution in [0.3, 0.4) is 0 Å². The van der Waals surface area contributed by atoms with E-state index in [1.807, 2.05) is 12.1 Å². The monoisotopic (exact) mass is 295 g/mol. The summed E-state index contributed by atoms with van der Waals surface area (Å²) in [6.45, 7) is 3.41. The Morgan fingerprint density at radius 1 is 1.35 bits per heavy atom. The minimum absolute atomic E-state index is 0.760. The number of ether oxygens (including phenoxy) is 2. The highest BCUT2D eigenvalue weighted by Gasteiger charge is 2.16. The fourth-order valence-electron chi connectivity index (χ4n) is 2.31. The van der Waals surface area contributed by atoms with Gasteiger partial charge in [-0.05, 0) is 42.6 Å². The third kappa shape index (κ3) is 4.51. The summed E-state index contributed by atoms with van der Waals surface area (Å²) >= 11 is 6.14. The van der Waals surface area contributed by atoms with E-state index in [1.54, 1.807) is 7.11 Å². The number of fused-ring (bicyclic) bond motifs is 1. The third-order valence-corrected chi connectivity index (χ3v) is 3.52. The zero-order valence-corrected chi connectivity index (χ0v) is 12.7. The second-order valence-corrected chi connectivity index (χ2v) is 5.30. The molecule has 1 N–H and O–H groups in total. The molecule has 0 spiro atoms. The SMILES string of the molecule is COCCNCC/C=C/Cc1cc(Cl)cc2c1OCC2. The summed E-state index contributed by atoms with van der Waals surface area (Å²) in [4.78, 5) is 0. The molecule has 1 heterocycles. The number of nitrogens with one attached hydrogen (secondary N) is 1. The molecule has 0 fully saturated rings. The van der Waals surface area contributed by atoms with Crippen LogP contribution in [0.1, 0.15) is 17.5 Å². The molecule has 0 bridgehead atoms. The van der Waals surface area contributed by atoms with E-state index in [2.05, 4.69) is 17.5 Å². The van der Waals surface area contributed by atoms with Crippen molar-refractivity contribution in [2.24, 2.45) is 0 Å². The zero-order valence-electron chi connectivity index (χ0n) is 12.0. The molecule has 0 amide bonds. The van der Waals surface area contributed by atoms with E-state index in [0.717, 1.165) is 56.3 Å². The summed E-state index contributed by atoms with van der Waals surface area (Å²) in [6.07, 6.45) is 7.25. The Hall–Kier alpha value is -1.03. The van der Waals surface area contributed by atoms with Crippen LogP contribution in [0.25, 0.3) is 0 Å². The Morgan fingerprint density at radius 3 is 3.10 bits per heavy atom. The smallest absolute Gasteiger partial charge is 0.126 e. The molecule has 2 rings (SSSR count). The molecule has 0 atom stereocenters. The van der Waals surface area contributed by atoms with Crippen LogP contribution in [-0.4, -0.2) is 33.4 Å². The summed E-state index contributed by atoms with van der Waals surface area (Å²) < 4.78 is 10.7. The third-order valence-electron chi connectivity index (χ3n) is 3.30. The molecule has 0 aliphatic carbocycles. The van der Waals surface area contributed by atoms with Crippen LogP contribution >= 0.6 is 11.6 Å². The van der Waals surface area contributed by atoms with E-state index in [4.69, 9.17) is 21.1 Å². The average Bonchev–Trinajstić information content (AvgIpc) is 2.89. The van der Waals surface area contributed by atoms with Crippen molar-refractivity contribution in [1.82, 2.24) is 5.32 Å². The number of halogens is 1. The molecule has 1 aromatic carbocycles. The summed E-state index contributed by atoms with van der Waals surface area (Å²) in [5, 5.41) is 4.12. The average molecular weight is 296 g/mol. The van der Waals surface area contributed by atoms with Crippen LogP contribution in [-0.2, 0) is 17.6 Å². The number of hydrogen-bond donors (Lipinski definition) is 1. The normalized spacial score (nSPS) is 13.7. The van der Waals surface area contributed by atoms with E-state index in [1.165, 1.54) is 11.1 Å². The van der Waals surface area contributed by atoms with Crippen molar-refractivity contribution in [3.8, 4) is 5.75 Å². The number of benzene rings is 1. The van der Waals surface area contributed by atoms with Gasteiger partial charge in [0.2, 0.25) is 0 Å². The van der Waals surface area contributed by atoms with Crippen molar-refractivity contribution in [1.29, 1.82) is 0 Å². The molecule has 0 unspecified atom stereocenters. The van der Waals surface area contributed by atoms with Gasteiger partial charge in [0.05, 0.1) is 13.2 Å². The first-order chi connectivity index (χ1) is 9.81. The number of hydrogen-bond acceptors (Lipinski definition) is 3. The van der Waals surface area contributed by atoms with Crippen LogP contribution in [0.2, 0.25) is 5.02 Å². The standard InChI is InChI=1S/C16H22ClNO2/c1-19-10-8-18-7-4-2-3-5-13-11-15(17)12-14-6-9-20-16(13)14/h2-3,11-12,18H,4-10H2,1H3/b3-2+. The first kappa shape index (κ1) is 15.4. The Bertz CT molecular complexity index is 460. The van der Waals surface area contributed by atoms with Gasteiger partial charge in [0, 0.05) is 25.1 Å². The molecule has 0 saturated heterocycles. The first-order valence-electron chi connectivity index (χ1n) is 7.10. The van der Waals surface area contributed by atoms with E-state index in [0.29, 0.717) is 0 Å². The van der Waals surface area contributed by atoms with Crippen LogP contribution in [0.15, 0.2) is 24.3 Å². The van der Waals surface area contributed by atoms with Gasteiger partial charge in [-0.2, -0.15) is 0 Å². The molecule has 0 radical (unpaired) electrons. The van der Waals surface area contributed by atoms with Gasteiger partial charge in [-0.15, -0.1) is 0 Å². The van der Waals surface area contributed by atoms with Gasteiger partial charge in [0.1, 0.15) is 5.75 Å². The quantitative estimate of drug-likeness (QED) is 0.591. The van der Waals surface area contributed by atoms with Gasteiger partial charge in [-0.25, -0.2) is 0 Å². The van der Waals surface area contributed by atoms with Crippen LogP contribution in [0, 0.1) is 0 Å². The van der Waals surface area contributed by atoms with Crippen LogP contribution in [0.4, 0.5) is 0 Å². The molecule has 0 aromatic heterocycles. The molecule has 110 valence electrons. The lowest BCUT2D eigenvalue weighted by Gasteiger charge is -2.06. The lowest BCUT2D eigenvalue weighted by molar-refractivity contribution is 0.199. The highest BCUT2D eigenvalue weighted by Crippen LogP contribution is 2.33. The minimum Gasteiger partial charge on any atom is -0.493 e. The lowest BCUT2D eigenvalue weighted by Crippen LogP contribution is -2.19. The van der Waals surface area contributed by atoms with Crippen LogP contribution in [0.5, 0.6) is 5.75 Å². The van der Waals surface area contributed by atoms with E-state index in [-0.39, 0.29) is 0 Å². The molecular formula is C16H22ClNO2. The van der Waals surface area contributed by atoms with Gasteiger partial charge < -0.3 is 14.8 Å². The summed E-state index contributed by atoms with van der Waals surface area (Å²) in [6, 6.07) is 4.02. The fourth-order valence-corrected chi connectivity index (χ4v) is 2.57. The van der Waals surface area contributed by atoms with Gasteiger partial charge >= 0.3 is 0 Å². The second kappa shape index (κ2) is 8.30. The molecule has 4 heteroatoms. The van der Waals surface area contributed by atoms with Gasteiger partial charge in [0.25, 0.3) is 0 Å². The van der Waals surface area contributed by atoms with E-state index < -0.39 is 0 Å². The predicted molar refractivity (Wildman–Crippen MR) is 82.9 cm³/mol. The predicted octanol–water partition coefficient (Wildman–Crippen LogP) is 3.00. The zero-order chi connectivity index (χ0) is 14.2. The number of rotatable bonds is 8. The van der Waals surface area contributed by atoms with Gasteiger partial charge in [0.15, 0.2) is 0 Å². The van der Waals surface area contributed by atoms with E-state index in [9.17, 15) is 0 Å². The Morgan fingerprint density at radius 2 is 2.25 bits per heavy atom. The highest BCUT2D eigenvalue weighted by molar-refractivity contribution is 6.30. The molecule has 1 aliphatic heterocycles. The maximum absolute atomic E-state index is 6.14. The summed E-state index contributed by atoms with van der Waals surface area (Å²) in [5.41, 5.74) is 2.43. The van der Waals surface area contributed by atoms with Gasteiger partial charge in [-0.3, -0.25) is 0 Å². The summed E-state index contributed by atoms with van der Waals surface area (Å²) in [5.74, 6) is 1.04. The summed E-state index contributed by atoms with van der Waals surface area (Å²) in [7, 11) is 1.72. The maximum atomic E-state index is 6.14. The Balaban J connectivity index is 1.77. The largest absolute Gasteiger partial charge is 0.493 e. The number of methoxy groups -OCH3 is 1. The topological polar surface area (TPSA) is 30.5 Å². The van der Waals surface area contributed by atoms with Crippen molar-refractivity contribution >= 4 is 11.6 Å². The molecular weight excluding hydrogens is 274 g/mol. The van der Waals surface area contributed by atoms with Gasteiger partial charge in [-0.1, -0.05) is 23.8 Å². The van der Waals surface area contributed by atoms with Crippen molar-refractivity contribution in [2.45, 2.75) is 19.3 Å². The van der Waals surface area contributed by atoms with Crippen LogP contribution < -0.4 is 10.1 Å². The molecule has 20 heavy (non-hydrogen) atoms. The fraction of sp³-hybridized carbons (Fsp3) is 0.500. The molecule has 0 saturated carbocycles. The molecule has 3 nitrogen and oxygen atoms in total. The van der Waals surface area contributed by atoms with E-state index >= 15 is 0 Å². The van der Waals surface area contributed by atoms with Crippen molar-refractivity contribution in [2.75, 3.05) is 33.4 Å². The minimum atomic E-state index is 0.760. The number of allylic oxidation sites excluding steroid dienone is 1. The second-order valence-electron chi connectivity index (χ2n) is 4.86. The molecule has 1 aromatic rings. The Kier molecular flexibility index (Phi) is 6.37. The molecule has 1 aliphatic rings. The lowest BCUT2D eigenvalue weighted by atomic mass is 10.1. The van der Waals surface area contributed by atoms with Crippen molar-refractivity contribution in [3.05, 3.63) is 40.4 Å².